The molecule has 1 amide bonds. The molecular formula is C21H22FNO3. The number of benzene rings is 2. The number of carbonyl (C=O) groups is 2. The number of carbonyl (C=O) groups excluding carboxylic acids is 1. The average molecular weight is 355 g/mol. The average Bonchev–Trinajstić information content (AvgIpc) is 3.44. The number of amides is 1. The van der Waals surface area contributed by atoms with Crippen molar-refractivity contribution in [2.45, 2.75) is 32.7 Å². The summed E-state index contributed by atoms with van der Waals surface area (Å²) >= 11 is 0. The van der Waals surface area contributed by atoms with Gasteiger partial charge in [0.1, 0.15) is 5.82 Å². The summed E-state index contributed by atoms with van der Waals surface area (Å²) in [5.74, 6) is -0.998. The van der Waals surface area contributed by atoms with E-state index < -0.39 is 5.97 Å². The Kier molecular flexibility index (Phi) is 5.35. The van der Waals surface area contributed by atoms with Crippen molar-refractivity contribution in [1.82, 2.24) is 4.90 Å². The first-order chi connectivity index (χ1) is 12.5. The predicted molar refractivity (Wildman–Crippen MR) is 97.0 cm³/mol. The second-order valence-electron chi connectivity index (χ2n) is 6.70. The fraction of sp³-hybridized carbons (Fsp3) is 0.333. The van der Waals surface area contributed by atoms with Crippen molar-refractivity contribution >= 4 is 11.9 Å². The van der Waals surface area contributed by atoms with Crippen molar-refractivity contribution in [3.63, 3.8) is 0 Å². The highest BCUT2D eigenvalue weighted by Crippen LogP contribution is 2.32. The van der Waals surface area contributed by atoms with Crippen LogP contribution < -0.4 is 0 Å². The summed E-state index contributed by atoms with van der Waals surface area (Å²) in [5, 5.41) is 9.00. The number of rotatable bonds is 7. The predicted octanol–water partition coefficient (Wildman–Crippen LogP) is 3.88. The smallest absolute Gasteiger partial charge is 0.307 e. The Bertz CT molecular complexity index is 830. The van der Waals surface area contributed by atoms with Crippen LogP contribution in [0.15, 0.2) is 42.5 Å². The maximum Gasteiger partial charge on any atom is 0.307 e. The van der Waals surface area contributed by atoms with Crippen LogP contribution in [-0.2, 0) is 22.6 Å². The molecule has 4 nitrogen and oxygen atoms in total. The molecule has 1 aliphatic carbocycles. The summed E-state index contributed by atoms with van der Waals surface area (Å²) in [5.41, 5.74) is 3.06. The van der Waals surface area contributed by atoms with Gasteiger partial charge in [0.2, 0.25) is 5.91 Å². The van der Waals surface area contributed by atoms with Crippen molar-refractivity contribution in [2.24, 2.45) is 5.92 Å². The molecule has 0 atom stereocenters. The van der Waals surface area contributed by atoms with Crippen molar-refractivity contribution in [2.75, 3.05) is 6.54 Å². The van der Waals surface area contributed by atoms with E-state index in [1.165, 1.54) is 12.1 Å². The van der Waals surface area contributed by atoms with Crippen LogP contribution >= 0.6 is 0 Å². The zero-order valence-corrected chi connectivity index (χ0v) is 14.7. The van der Waals surface area contributed by atoms with Crippen molar-refractivity contribution < 1.29 is 19.1 Å². The summed E-state index contributed by atoms with van der Waals surface area (Å²) in [6.45, 7) is 2.85. The highest BCUT2D eigenvalue weighted by molar-refractivity contribution is 5.81. The molecule has 3 rings (SSSR count). The molecule has 0 aromatic heterocycles. The largest absolute Gasteiger partial charge is 0.481 e. The fourth-order valence-electron chi connectivity index (χ4n) is 3.14. The molecule has 1 aliphatic rings. The van der Waals surface area contributed by atoms with E-state index in [2.05, 4.69) is 0 Å². The maximum atomic E-state index is 13.9. The number of carboxylic acids is 1. The molecule has 0 bridgehead atoms. The molecule has 0 radical (unpaired) electrons. The van der Waals surface area contributed by atoms with E-state index >= 15 is 0 Å². The first-order valence-corrected chi connectivity index (χ1v) is 8.86. The Balaban J connectivity index is 1.92. The van der Waals surface area contributed by atoms with Gasteiger partial charge in [-0.05, 0) is 54.2 Å². The van der Waals surface area contributed by atoms with Gasteiger partial charge in [0.15, 0.2) is 0 Å². The van der Waals surface area contributed by atoms with Gasteiger partial charge in [-0.25, -0.2) is 4.39 Å². The Morgan fingerprint density at radius 1 is 1.19 bits per heavy atom. The third kappa shape index (κ3) is 4.28. The minimum absolute atomic E-state index is 0.0639. The fourth-order valence-corrected chi connectivity index (χ4v) is 3.14. The number of nitrogens with zero attached hydrogens (tertiary/aromatic N) is 1. The Morgan fingerprint density at radius 3 is 2.62 bits per heavy atom. The molecule has 1 fully saturated rings. The van der Waals surface area contributed by atoms with Crippen LogP contribution in [0.5, 0.6) is 0 Å². The van der Waals surface area contributed by atoms with Gasteiger partial charge in [0.05, 0.1) is 6.42 Å². The molecule has 1 N–H and O–H groups in total. The van der Waals surface area contributed by atoms with E-state index in [1.807, 2.05) is 19.1 Å². The Labute approximate surface area is 152 Å². The third-order valence-corrected chi connectivity index (χ3v) is 4.64. The number of hydrogen-bond acceptors (Lipinski definition) is 2. The van der Waals surface area contributed by atoms with Gasteiger partial charge in [-0.1, -0.05) is 30.3 Å². The molecule has 1 saturated carbocycles. The molecule has 0 spiro atoms. The van der Waals surface area contributed by atoms with E-state index in [-0.39, 0.29) is 24.1 Å². The van der Waals surface area contributed by atoms with Crippen molar-refractivity contribution in [1.29, 1.82) is 0 Å². The summed E-state index contributed by atoms with van der Waals surface area (Å²) in [6, 6.07) is 11.8. The summed E-state index contributed by atoms with van der Waals surface area (Å²) < 4.78 is 13.9. The van der Waals surface area contributed by atoms with E-state index in [0.29, 0.717) is 18.7 Å². The first-order valence-electron chi connectivity index (χ1n) is 8.86. The molecule has 26 heavy (non-hydrogen) atoms. The zero-order chi connectivity index (χ0) is 18.7. The quantitative estimate of drug-likeness (QED) is 0.820. The van der Waals surface area contributed by atoms with Gasteiger partial charge in [0.25, 0.3) is 0 Å². The van der Waals surface area contributed by atoms with Gasteiger partial charge in [-0.15, -0.1) is 0 Å². The van der Waals surface area contributed by atoms with E-state index in [1.54, 1.807) is 23.1 Å². The van der Waals surface area contributed by atoms with Crippen LogP contribution in [-0.4, -0.2) is 28.4 Å². The van der Waals surface area contributed by atoms with Crippen LogP contribution in [0.3, 0.4) is 0 Å². The standard InChI is InChI=1S/C21H22FNO3/c1-2-23(21(26)15-6-7-15)13-17-12-18(22)8-9-19(17)16-5-3-4-14(10-16)11-20(24)25/h3-5,8-10,12,15H,2,6-7,11,13H2,1H3,(H,24,25). The SMILES string of the molecule is CCN(Cc1cc(F)ccc1-c1cccc(CC(=O)O)c1)C(=O)C1CC1. The number of halogens is 1. The van der Waals surface area contributed by atoms with E-state index in [4.69, 9.17) is 5.11 Å². The van der Waals surface area contributed by atoms with Crippen molar-refractivity contribution in [3.05, 3.63) is 59.4 Å². The number of aliphatic carboxylic acids is 1. The second kappa shape index (κ2) is 7.68. The van der Waals surface area contributed by atoms with Gasteiger partial charge in [-0.3, -0.25) is 9.59 Å². The lowest BCUT2D eigenvalue weighted by Crippen LogP contribution is -2.31. The number of carboxylic acid groups (broad SMARTS) is 1. The summed E-state index contributed by atoms with van der Waals surface area (Å²) in [7, 11) is 0. The normalized spacial score (nSPS) is 13.5. The van der Waals surface area contributed by atoms with Crippen LogP contribution in [0, 0.1) is 11.7 Å². The lowest BCUT2D eigenvalue weighted by molar-refractivity contribution is -0.136. The molecule has 0 aliphatic heterocycles. The van der Waals surface area contributed by atoms with Crippen LogP contribution in [0.25, 0.3) is 11.1 Å². The molecule has 0 saturated heterocycles. The van der Waals surface area contributed by atoms with Gasteiger partial charge < -0.3 is 10.0 Å². The van der Waals surface area contributed by atoms with Crippen LogP contribution in [0.4, 0.5) is 4.39 Å². The highest BCUT2D eigenvalue weighted by Gasteiger charge is 2.33. The van der Waals surface area contributed by atoms with Gasteiger partial charge >= 0.3 is 5.97 Å². The molecular weight excluding hydrogens is 333 g/mol. The minimum atomic E-state index is -0.895. The zero-order valence-electron chi connectivity index (χ0n) is 14.7. The maximum absolute atomic E-state index is 13.9. The molecule has 0 heterocycles. The minimum Gasteiger partial charge on any atom is -0.481 e. The molecule has 2 aromatic rings. The monoisotopic (exact) mass is 355 g/mol. The molecule has 2 aromatic carbocycles. The summed E-state index contributed by atoms with van der Waals surface area (Å²) in [4.78, 5) is 25.1. The third-order valence-electron chi connectivity index (χ3n) is 4.64. The van der Waals surface area contributed by atoms with E-state index in [0.717, 1.165) is 29.5 Å². The summed E-state index contributed by atoms with van der Waals surface area (Å²) in [6.07, 6.45) is 1.80. The van der Waals surface area contributed by atoms with Gasteiger partial charge in [0, 0.05) is 19.0 Å². The van der Waals surface area contributed by atoms with Gasteiger partial charge in [-0.2, -0.15) is 0 Å². The lowest BCUT2D eigenvalue weighted by atomic mass is 9.96. The lowest BCUT2D eigenvalue weighted by Gasteiger charge is -2.23. The molecule has 0 unspecified atom stereocenters. The first kappa shape index (κ1) is 18.1. The number of hydrogen-bond donors (Lipinski definition) is 1. The molecule has 136 valence electrons. The second-order valence-corrected chi connectivity index (χ2v) is 6.70. The molecule has 5 heteroatoms. The highest BCUT2D eigenvalue weighted by atomic mass is 19.1. The van der Waals surface area contributed by atoms with Crippen LogP contribution in [0.2, 0.25) is 0 Å². The topological polar surface area (TPSA) is 57.6 Å². The Hall–Kier alpha value is -2.69. The van der Waals surface area contributed by atoms with E-state index in [9.17, 15) is 14.0 Å². The Morgan fingerprint density at radius 2 is 1.96 bits per heavy atom. The van der Waals surface area contributed by atoms with Crippen molar-refractivity contribution in [3.8, 4) is 11.1 Å². The van der Waals surface area contributed by atoms with Crippen LogP contribution in [0.1, 0.15) is 30.9 Å².